The number of nitrogens with two attached hydrogens (primary N) is 1. The highest BCUT2D eigenvalue weighted by Gasteiger charge is 2.54. The molecule has 128 valence electrons. The van der Waals surface area contributed by atoms with Crippen molar-refractivity contribution in [1.82, 2.24) is 10.2 Å². The van der Waals surface area contributed by atoms with Gasteiger partial charge >= 0.3 is 6.03 Å². The second-order valence-electron chi connectivity index (χ2n) is 6.92. The van der Waals surface area contributed by atoms with E-state index in [0.717, 1.165) is 31.2 Å². The van der Waals surface area contributed by atoms with Gasteiger partial charge in [-0.25, -0.2) is 4.79 Å². The molecule has 5 nitrogen and oxygen atoms in total. The molecule has 1 aromatic carbocycles. The van der Waals surface area contributed by atoms with Gasteiger partial charge in [0.05, 0.1) is 5.41 Å². The topological polar surface area (TPSA) is 75.4 Å². The molecule has 2 aliphatic rings. The number of likely N-dealkylation sites (tertiary alicyclic amines) is 1. The Balaban J connectivity index is 1.51. The fraction of sp³-hybridized carbons (Fsp3) is 0.474. The Hall–Kier alpha value is -2.30. The second kappa shape index (κ2) is 6.67. The lowest BCUT2D eigenvalue weighted by molar-refractivity contribution is -0.128. The standard InChI is InChI=1S/C19H25N3O2/c1-2-14-5-7-15(8-6-14)9-11-21-18(24)22-12-16-4-3-10-19(16,13-22)17(20)23/h2,5-8,16H,1,3-4,9-13H2,(H2,20,23)(H,21,24)/t16-,19-/m0/s1. The Labute approximate surface area is 142 Å². The number of nitrogens with zero attached hydrogens (tertiary/aromatic N) is 1. The van der Waals surface area contributed by atoms with Crippen LogP contribution in [0.4, 0.5) is 4.79 Å². The number of carbonyl (C=O) groups excluding carboxylic acids is 2. The van der Waals surface area contributed by atoms with Crippen molar-refractivity contribution >= 4 is 18.0 Å². The number of primary amides is 1. The number of urea groups is 1. The maximum absolute atomic E-state index is 12.4. The molecule has 0 radical (unpaired) electrons. The molecule has 0 bridgehead atoms. The average Bonchev–Trinajstić information content (AvgIpc) is 3.13. The number of hydrogen-bond donors (Lipinski definition) is 2. The highest BCUT2D eigenvalue weighted by molar-refractivity contribution is 5.84. The van der Waals surface area contributed by atoms with Gasteiger partial charge in [-0.15, -0.1) is 0 Å². The lowest BCUT2D eigenvalue weighted by atomic mass is 9.80. The van der Waals surface area contributed by atoms with Crippen molar-refractivity contribution in [3.63, 3.8) is 0 Å². The molecule has 1 saturated carbocycles. The summed E-state index contributed by atoms with van der Waals surface area (Å²) < 4.78 is 0. The Morgan fingerprint density at radius 1 is 1.38 bits per heavy atom. The third-order valence-electron chi connectivity index (χ3n) is 5.55. The normalized spacial score (nSPS) is 25.3. The molecule has 2 fully saturated rings. The Morgan fingerprint density at radius 3 is 2.75 bits per heavy atom. The SMILES string of the molecule is C=Cc1ccc(CCNC(=O)N2C[C@@H]3CCC[C@]3(C(N)=O)C2)cc1. The van der Waals surface area contributed by atoms with Crippen LogP contribution < -0.4 is 11.1 Å². The zero-order valence-electron chi connectivity index (χ0n) is 14.0. The third kappa shape index (κ3) is 3.03. The van der Waals surface area contributed by atoms with Crippen molar-refractivity contribution < 1.29 is 9.59 Å². The molecule has 0 aromatic heterocycles. The van der Waals surface area contributed by atoms with Crippen LogP contribution in [0.2, 0.25) is 0 Å². The molecular weight excluding hydrogens is 302 g/mol. The fourth-order valence-electron chi connectivity index (χ4n) is 4.09. The van der Waals surface area contributed by atoms with Gasteiger partial charge in [-0.1, -0.05) is 43.3 Å². The van der Waals surface area contributed by atoms with Crippen LogP contribution in [0.25, 0.3) is 6.08 Å². The van der Waals surface area contributed by atoms with Crippen LogP contribution in [-0.4, -0.2) is 36.5 Å². The highest BCUT2D eigenvalue weighted by Crippen LogP contribution is 2.48. The Morgan fingerprint density at radius 2 is 2.12 bits per heavy atom. The summed E-state index contributed by atoms with van der Waals surface area (Å²) in [6, 6.07) is 8.04. The van der Waals surface area contributed by atoms with E-state index in [4.69, 9.17) is 5.73 Å². The molecule has 1 aromatic rings. The molecule has 1 heterocycles. The van der Waals surface area contributed by atoms with Crippen LogP contribution >= 0.6 is 0 Å². The largest absolute Gasteiger partial charge is 0.369 e. The number of hydrogen-bond acceptors (Lipinski definition) is 2. The molecule has 0 unspecified atom stereocenters. The fourth-order valence-corrected chi connectivity index (χ4v) is 4.09. The van der Waals surface area contributed by atoms with Crippen LogP contribution in [0, 0.1) is 11.3 Å². The molecule has 2 atom stereocenters. The van der Waals surface area contributed by atoms with E-state index in [0.29, 0.717) is 19.6 Å². The first-order chi connectivity index (χ1) is 11.5. The molecule has 3 N–H and O–H groups in total. The van der Waals surface area contributed by atoms with E-state index in [1.165, 1.54) is 5.56 Å². The van der Waals surface area contributed by atoms with Crippen molar-refractivity contribution in [2.75, 3.05) is 19.6 Å². The molecule has 3 rings (SSSR count). The number of fused-ring (bicyclic) bond motifs is 1. The van der Waals surface area contributed by atoms with Crippen molar-refractivity contribution in [2.24, 2.45) is 17.1 Å². The molecule has 1 aliphatic carbocycles. The predicted molar refractivity (Wildman–Crippen MR) is 94.2 cm³/mol. The molecule has 24 heavy (non-hydrogen) atoms. The summed E-state index contributed by atoms with van der Waals surface area (Å²) in [5.41, 5.74) is 7.40. The third-order valence-corrected chi connectivity index (χ3v) is 5.55. The maximum atomic E-state index is 12.4. The van der Waals surface area contributed by atoms with E-state index < -0.39 is 5.41 Å². The first kappa shape index (κ1) is 16.6. The minimum Gasteiger partial charge on any atom is -0.369 e. The average molecular weight is 327 g/mol. The number of rotatable bonds is 5. The van der Waals surface area contributed by atoms with Gasteiger partial charge in [-0.2, -0.15) is 0 Å². The number of benzene rings is 1. The minimum absolute atomic E-state index is 0.0901. The summed E-state index contributed by atoms with van der Waals surface area (Å²) in [6.45, 7) is 5.42. The summed E-state index contributed by atoms with van der Waals surface area (Å²) in [5, 5.41) is 2.96. The summed E-state index contributed by atoms with van der Waals surface area (Å²) in [6.07, 6.45) is 5.42. The number of amides is 3. The number of carbonyl (C=O) groups is 2. The first-order valence-corrected chi connectivity index (χ1v) is 8.59. The van der Waals surface area contributed by atoms with Gasteiger partial charge < -0.3 is 16.0 Å². The second-order valence-corrected chi connectivity index (χ2v) is 6.92. The summed E-state index contributed by atoms with van der Waals surface area (Å²) >= 11 is 0. The molecule has 0 spiro atoms. The van der Waals surface area contributed by atoms with Crippen molar-refractivity contribution in [2.45, 2.75) is 25.7 Å². The van der Waals surface area contributed by atoms with Crippen molar-refractivity contribution in [1.29, 1.82) is 0 Å². The van der Waals surface area contributed by atoms with Crippen LogP contribution in [0.5, 0.6) is 0 Å². The maximum Gasteiger partial charge on any atom is 0.317 e. The lowest BCUT2D eigenvalue weighted by Crippen LogP contribution is -2.44. The predicted octanol–water partition coefficient (Wildman–Crippen LogP) is 2.17. The van der Waals surface area contributed by atoms with E-state index in [-0.39, 0.29) is 17.9 Å². The van der Waals surface area contributed by atoms with Crippen molar-refractivity contribution in [3.05, 3.63) is 42.0 Å². The van der Waals surface area contributed by atoms with Gasteiger partial charge in [0.1, 0.15) is 0 Å². The molecular formula is C19H25N3O2. The highest BCUT2D eigenvalue weighted by atomic mass is 16.2. The van der Waals surface area contributed by atoms with Crippen LogP contribution in [0.1, 0.15) is 30.4 Å². The van der Waals surface area contributed by atoms with E-state index in [1.807, 2.05) is 30.3 Å². The van der Waals surface area contributed by atoms with Gasteiger partial charge in [-0.05, 0) is 36.3 Å². The van der Waals surface area contributed by atoms with E-state index in [1.54, 1.807) is 4.90 Å². The number of nitrogens with one attached hydrogen (secondary N) is 1. The van der Waals surface area contributed by atoms with Gasteiger partial charge in [0.15, 0.2) is 0 Å². The quantitative estimate of drug-likeness (QED) is 0.869. The Bertz CT molecular complexity index is 641. The van der Waals surface area contributed by atoms with E-state index in [9.17, 15) is 9.59 Å². The molecule has 1 saturated heterocycles. The minimum atomic E-state index is -0.488. The summed E-state index contributed by atoms with van der Waals surface area (Å²) in [7, 11) is 0. The van der Waals surface area contributed by atoms with Crippen LogP contribution in [0.3, 0.4) is 0 Å². The van der Waals surface area contributed by atoms with Gasteiger partial charge in [0.2, 0.25) is 5.91 Å². The van der Waals surface area contributed by atoms with Gasteiger partial charge in [0.25, 0.3) is 0 Å². The zero-order chi connectivity index (χ0) is 17.2. The van der Waals surface area contributed by atoms with Gasteiger partial charge in [-0.3, -0.25) is 4.79 Å². The zero-order valence-corrected chi connectivity index (χ0v) is 14.0. The Kier molecular flexibility index (Phi) is 4.60. The van der Waals surface area contributed by atoms with Crippen molar-refractivity contribution in [3.8, 4) is 0 Å². The van der Waals surface area contributed by atoms with Gasteiger partial charge in [0, 0.05) is 19.6 Å². The van der Waals surface area contributed by atoms with E-state index >= 15 is 0 Å². The summed E-state index contributed by atoms with van der Waals surface area (Å²) in [5.74, 6) is -0.0187. The molecule has 3 amide bonds. The monoisotopic (exact) mass is 327 g/mol. The first-order valence-electron chi connectivity index (χ1n) is 8.59. The van der Waals surface area contributed by atoms with Crippen LogP contribution in [-0.2, 0) is 11.2 Å². The lowest BCUT2D eigenvalue weighted by Gasteiger charge is -2.24. The molecule has 5 heteroatoms. The molecule has 1 aliphatic heterocycles. The summed E-state index contributed by atoms with van der Waals surface area (Å²) in [4.78, 5) is 26.0. The smallest absolute Gasteiger partial charge is 0.317 e. The van der Waals surface area contributed by atoms with Crippen LogP contribution in [0.15, 0.2) is 30.8 Å². The van der Waals surface area contributed by atoms with E-state index in [2.05, 4.69) is 11.9 Å².